The van der Waals surface area contributed by atoms with Crippen LogP contribution in [-0.4, -0.2) is 17.6 Å². The van der Waals surface area contributed by atoms with Crippen LogP contribution in [0.2, 0.25) is 0 Å². The molecule has 1 aliphatic heterocycles. The Balaban J connectivity index is 2.53. The largest absolute Gasteiger partial charge is 0.508 e. The molecule has 0 bridgehead atoms. The van der Waals surface area contributed by atoms with Gasteiger partial charge < -0.3 is 15.2 Å². The number of carbonyl (C=O) groups excluding carboxylic acids is 1. The molecule has 0 aromatic heterocycles. The van der Waals surface area contributed by atoms with E-state index in [0.717, 1.165) is 6.07 Å². The van der Waals surface area contributed by atoms with Crippen molar-refractivity contribution in [2.45, 2.75) is 0 Å². The number of nitrogens with one attached hydrogen (secondary N) is 1. The summed E-state index contributed by atoms with van der Waals surface area (Å²) in [5.74, 6) is -1.19. The molecule has 1 aromatic rings. The summed E-state index contributed by atoms with van der Waals surface area (Å²) in [5, 5.41) is 11.3. The molecule has 5 heteroatoms. The minimum atomic E-state index is -0.706. The number of phenolic OH excluding ortho intramolecular Hbond substituents is 1. The Morgan fingerprint density at radius 2 is 2.31 bits per heavy atom. The van der Waals surface area contributed by atoms with Gasteiger partial charge in [-0.15, -0.1) is 0 Å². The molecule has 0 fully saturated rings. The maximum Gasteiger partial charge on any atom is 0.262 e. The van der Waals surface area contributed by atoms with Crippen molar-refractivity contribution in [2.75, 3.05) is 11.9 Å². The molecule has 1 amide bonds. The van der Waals surface area contributed by atoms with Gasteiger partial charge in [0.05, 0.1) is 0 Å². The van der Waals surface area contributed by atoms with E-state index in [1.165, 1.54) is 6.07 Å². The summed E-state index contributed by atoms with van der Waals surface area (Å²) >= 11 is 0. The lowest BCUT2D eigenvalue weighted by Gasteiger charge is -2.18. The predicted octanol–water partition coefficient (Wildman–Crippen LogP) is 0.862. The van der Waals surface area contributed by atoms with Crippen LogP contribution in [0.3, 0.4) is 0 Å². The Bertz CT molecular complexity index is 378. The number of carbonyl (C=O) groups is 1. The van der Waals surface area contributed by atoms with Crippen molar-refractivity contribution in [2.24, 2.45) is 0 Å². The summed E-state index contributed by atoms with van der Waals surface area (Å²) in [6.07, 6.45) is 0. The highest BCUT2D eigenvalue weighted by molar-refractivity contribution is 5.95. The normalized spacial score (nSPS) is 14.4. The number of amides is 1. The van der Waals surface area contributed by atoms with Gasteiger partial charge in [-0.05, 0) is 0 Å². The Hall–Kier alpha value is -1.78. The molecule has 0 atom stereocenters. The molecule has 2 N–H and O–H groups in total. The van der Waals surface area contributed by atoms with Gasteiger partial charge in [-0.25, -0.2) is 4.39 Å². The van der Waals surface area contributed by atoms with Crippen LogP contribution < -0.4 is 10.1 Å². The molecule has 0 saturated carbocycles. The van der Waals surface area contributed by atoms with Crippen molar-refractivity contribution in [3.63, 3.8) is 0 Å². The number of fused-ring (bicyclic) bond motifs is 1. The van der Waals surface area contributed by atoms with Crippen LogP contribution in [0.15, 0.2) is 12.1 Å². The smallest absolute Gasteiger partial charge is 0.262 e. The number of hydrogen-bond acceptors (Lipinski definition) is 3. The molecule has 4 nitrogen and oxygen atoms in total. The standard InChI is InChI=1S/C8H6FNO3/c9-5-1-4(11)2-6-8(5)10-7(12)3-13-6/h1-2,11H,3H2,(H,10,12). The van der Waals surface area contributed by atoms with Crippen LogP contribution in [0, 0.1) is 5.82 Å². The molecule has 0 saturated heterocycles. The molecular weight excluding hydrogens is 177 g/mol. The average molecular weight is 183 g/mol. The Morgan fingerprint density at radius 3 is 3.08 bits per heavy atom. The second-order valence-corrected chi connectivity index (χ2v) is 2.64. The van der Waals surface area contributed by atoms with E-state index in [-0.39, 0.29) is 23.8 Å². The highest BCUT2D eigenvalue weighted by Crippen LogP contribution is 2.33. The summed E-state index contributed by atoms with van der Waals surface area (Å²) in [7, 11) is 0. The van der Waals surface area contributed by atoms with Crippen LogP contribution in [0.1, 0.15) is 0 Å². The van der Waals surface area contributed by atoms with Crippen molar-refractivity contribution in [3.05, 3.63) is 17.9 Å². The molecule has 0 radical (unpaired) electrons. The van der Waals surface area contributed by atoms with Crippen LogP contribution in [0.4, 0.5) is 10.1 Å². The lowest BCUT2D eigenvalue weighted by molar-refractivity contribution is -0.118. The third-order valence-corrected chi connectivity index (χ3v) is 1.66. The SMILES string of the molecule is O=C1COc2cc(O)cc(F)c2N1. The number of benzene rings is 1. The minimum Gasteiger partial charge on any atom is -0.508 e. The van der Waals surface area contributed by atoms with E-state index in [9.17, 15) is 9.18 Å². The van der Waals surface area contributed by atoms with Crippen LogP contribution >= 0.6 is 0 Å². The Labute approximate surface area is 72.9 Å². The first-order chi connectivity index (χ1) is 6.16. The highest BCUT2D eigenvalue weighted by atomic mass is 19.1. The van der Waals surface area contributed by atoms with Gasteiger partial charge in [-0.1, -0.05) is 0 Å². The molecule has 1 aromatic carbocycles. The van der Waals surface area contributed by atoms with Crippen molar-refractivity contribution in [3.8, 4) is 11.5 Å². The van der Waals surface area contributed by atoms with E-state index in [4.69, 9.17) is 9.84 Å². The first-order valence-corrected chi connectivity index (χ1v) is 3.62. The molecule has 0 unspecified atom stereocenters. The first-order valence-electron chi connectivity index (χ1n) is 3.62. The summed E-state index contributed by atoms with van der Waals surface area (Å²) in [6, 6.07) is 2.16. The van der Waals surface area contributed by atoms with Gasteiger partial charge in [0.1, 0.15) is 17.2 Å². The van der Waals surface area contributed by atoms with Crippen LogP contribution in [-0.2, 0) is 4.79 Å². The monoisotopic (exact) mass is 183 g/mol. The first kappa shape index (κ1) is 7.85. The van der Waals surface area contributed by atoms with Crippen molar-refractivity contribution >= 4 is 11.6 Å². The summed E-state index contributed by atoms with van der Waals surface area (Å²) in [4.78, 5) is 10.8. The van der Waals surface area contributed by atoms with Crippen molar-refractivity contribution in [1.29, 1.82) is 0 Å². The van der Waals surface area contributed by atoms with E-state index in [0.29, 0.717) is 0 Å². The fraction of sp³-hybridized carbons (Fsp3) is 0.125. The molecular formula is C8H6FNO3. The average Bonchev–Trinajstić information content (AvgIpc) is 2.06. The van der Waals surface area contributed by atoms with E-state index in [1.54, 1.807) is 0 Å². The number of rotatable bonds is 0. The number of ether oxygens (including phenoxy) is 1. The molecule has 1 aliphatic rings. The quantitative estimate of drug-likeness (QED) is 0.586. The van der Waals surface area contributed by atoms with Crippen LogP contribution in [0.5, 0.6) is 11.5 Å². The predicted molar refractivity (Wildman–Crippen MR) is 42.2 cm³/mol. The van der Waals surface area contributed by atoms with Crippen molar-refractivity contribution < 1.29 is 19.0 Å². The molecule has 0 spiro atoms. The molecule has 1 heterocycles. The molecule has 2 rings (SSSR count). The zero-order chi connectivity index (χ0) is 9.42. The van der Waals surface area contributed by atoms with Crippen molar-refractivity contribution in [1.82, 2.24) is 0 Å². The number of hydrogen-bond donors (Lipinski definition) is 2. The topological polar surface area (TPSA) is 58.6 Å². The Morgan fingerprint density at radius 1 is 1.54 bits per heavy atom. The van der Waals surface area contributed by atoms with Gasteiger partial charge in [0, 0.05) is 12.1 Å². The second-order valence-electron chi connectivity index (χ2n) is 2.64. The van der Waals surface area contributed by atoms with Gasteiger partial charge >= 0.3 is 0 Å². The minimum absolute atomic E-state index is 0.0194. The number of halogens is 1. The lowest BCUT2D eigenvalue weighted by Crippen LogP contribution is -2.26. The van der Waals surface area contributed by atoms with Crippen LogP contribution in [0.25, 0.3) is 0 Å². The van der Waals surface area contributed by atoms with E-state index >= 15 is 0 Å². The van der Waals surface area contributed by atoms with Gasteiger partial charge in [-0.3, -0.25) is 4.79 Å². The maximum absolute atomic E-state index is 13.1. The summed E-state index contributed by atoms with van der Waals surface area (Å²) in [5.41, 5.74) is -0.0194. The second kappa shape index (κ2) is 2.62. The lowest BCUT2D eigenvalue weighted by atomic mass is 10.2. The summed E-state index contributed by atoms with van der Waals surface area (Å²) < 4.78 is 17.9. The molecule has 68 valence electrons. The fourth-order valence-electron chi connectivity index (χ4n) is 1.12. The number of phenols is 1. The van der Waals surface area contributed by atoms with E-state index in [1.807, 2.05) is 0 Å². The Kier molecular flexibility index (Phi) is 1.58. The van der Waals surface area contributed by atoms with Gasteiger partial charge in [0.15, 0.2) is 12.4 Å². The highest BCUT2D eigenvalue weighted by Gasteiger charge is 2.20. The van der Waals surface area contributed by atoms with E-state index < -0.39 is 11.7 Å². The molecule has 13 heavy (non-hydrogen) atoms. The number of aromatic hydroxyl groups is 1. The van der Waals surface area contributed by atoms with E-state index in [2.05, 4.69) is 5.32 Å². The summed E-state index contributed by atoms with van der Waals surface area (Å²) in [6.45, 7) is -0.157. The zero-order valence-electron chi connectivity index (χ0n) is 6.50. The third-order valence-electron chi connectivity index (χ3n) is 1.66. The van der Waals surface area contributed by atoms with Gasteiger partial charge in [-0.2, -0.15) is 0 Å². The maximum atomic E-state index is 13.1. The zero-order valence-corrected chi connectivity index (χ0v) is 6.50. The number of anilines is 1. The van der Waals surface area contributed by atoms with Gasteiger partial charge in [0.25, 0.3) is 5.91 Å². The van der Waals surface area contributed by atoms with Gasteiger partial charge in [0.2, 0.25) is 0 Å². The third kappa shape index (κ3) is 1.28. The molecule has 0 aliphatic carbocycles. The fourth-order valence-corrected chi connectivity index (χ4v) is 1.12.